The van der Waals surface area contributed by atoms with Crippen LogP contribution in [-0.2, 0) is 19.4 Å². The maximum absolute atomic E-state index is 12.7. The minimum Gasteiger partial charge on any atom is -0.497 e. The van der Waals surface area contributed by atoms with E-state index in [1.807, 2.05) is 12.1 Å². The zero-order chi connectivity index (χ0) is 19.8. The van der Waals surface area contributed by atoms with E-state index < -0.39 is 0 Å². The first-order chi connectivity index (χ1) is 14.2. The van der Waals surface area contributed by atoms with Crippen LogP contribution in [-0.4, -0.2) is 48.2 Å². The molecule has 152 valence electrons. The molecule has 0 amide bonds. The average Bonchev–Trinajstić information content (AvgIpc) is 3.13. The van der Waals surface area contributed by atoms with Gasteiger partial charge in [0, 0.05) is 42.8 Å². The van der Waals surface area contributed by atoms with E-state index in [2.05, 4.69) is 26.9 Å². The molecule has 0 unspecified atom stereocenters. The summed E-state index contributed by atoms with van der Waals surface area (Å²) < 4.78 is 5.34. The Kier molecular flexibility index (Phi) is 5.01. The Morgan fingerprint density at radius 3 is 2.83 bits per heavy atom. The van der Waals surface area contributed by atoms with Gasteiger partial charge in [-0.25, -0.2) is 4.98 Å². The summed E-state index contributed by atoms with van der Waals surface area (Å²) in [5, 5.41) is 0.844. The number of hydrogen-bond donors (Lipinski definition) is 1. The van der Waals surface area contributed by atoms with Gasteiger partial charge in [-0.1, -0.05) is 6.07 Å². The van der Waals surface area contributed by atoms with Crippen LogP contribution in [0.3, 0.4) is 0 Å². The van der Waals surface area contributed by atoms with Gasteiger partial charge in [-0.05, 0) is 43.4 Å². The van der Waals surface area contributed by atoms with E-state index in [-0.39, 0.29) is 5.56 Å². The second-order valence-corrected chi connectivity index (χ2v) is 8.95. The SMILES string of the molecule is COc1cccc(N2CCN(Cc3nc4sc5c(c4c(=O)[nH]3)CCCC5)CC2)c1. The van der Waals surface area contributed by atoms with Crippen LogP contribution in [0.2, 0.25) is 0 Å². The molecule has 0 spiro atoms. The van der Waals surface area contributed by atoms with Crippen LogP contribution in [0.5, 0.6) is 5.75 Å². The lowest BCUT2D eigenvalue weighted by molar-refractivity contribution is 0.244. The highest BCUT2D eigenvalue weighted by Crippen LogP contribution is 2.33. The van der Waals surface area contributed by atoms with Crippen LogP contribution < -0.4 is 15.2 Å². The molecule has 5 rings (SSSR count). The minimum atomic E-state index is 0.0411. The fourth-order valence-corrected chi connectivity index (χ4v) is 5.75. The number of aryl methyl sites for hydroxylation is 2. The van der Waals surface area contributed by atoms with Crippen LogP contribution in [0.4, 0.5) is 5.69 Å². The fraction of sp³-hybridized carbons (Fsp3) is 0.455. The molecule has 0 atom stereocenters. The van der Waals surface area contributed by atoms with Gasteiger partial charge in [-0.2, -0.15) is 0 Å². The Morgan fingerprint density at radius 1 is 1.17 bits per heavy atom. The number of H-pyrrole nitrogens is 1. The molecule has 7 heteroatoms. The molecule has 1 aromatic carbocycles. The summed E-state index contributed by atoms with van der Waals surface area (Å²) in [4.78, 5) is 27.7. The molecule has 0 saturated carbocycles. The largest absolute Gasteiger partial charge is 0.497 e. The maximum atomic E-state index is 12.7. The van der Waals surface area contributed by atoms with Crippen LogP contribution in [0.15, 0.2) is 29.1 Å². The van der Waals surface area contributed by atoms with Gasteiger partial charge in [0.25, 0.3) is 5.56 Å². The van der Waals surface area contributed by atoms with Crippen LogP contribution in [0.25, 0.3) is 10.2 Å². The number of benzene rings is 1. The molecule has 0 bridgehead atoms. The minimum absolute atomic E-state index is 0.0411. The third kappa shape index (κ3) is 3.65. The third-order valence-corrected chi connectivity index (χ3v) is 7.22. The van der Waals surface area contributed by atoms with Crippen molar-refractivity contribution in [1.82, 2.24) is 14.9 Å². The number of nitrogens with one attached hydrogen (secondary N) is 1. The Balaban J connectivity index is 1.29. The van der Waals surface area contributed by atoms with Crippen molar-refractivity contribution < 1.29 is 4.74 Å². The fourth-order valence-electron chi connectivity index (χ4n) is 4.47. The third-order valence-electron chi connectivity index (χ3n) is 6.04. The van der Waals surface area contributed by atoms with Crippen molar-refractivity contribution >= 4 is 27.2 Å². The Hall–Kier alpha value is -2.38. The molecule has 1 fully saturated rings. The maximum Gasteiger partial charge on any atom is 0.259 e. The molecule has 1 N–H and O–H groups in total. The highest BCUT2D eigenvalue weighted by atomic mass is 32.1. The van der Waals surface area contributed by atoms with Gasteiger partial charge in [-0.3, -0.25) is 9.69 Å². The van der Waals surface area contributed by atoms with Gasteiger partial charge < -0.3 is 14.6 Å². The van der Waals surface area contributed by atoms with Crippen molar-refractivity contribution in [2.45, 2.75) is 32.2 Å². The average molecular weight is 411 g/mol. The second kappa shape index (κ2) is 7.80. The van der Waals surface area contributed by atoms with Crippen molar-refractivity contribution in [3.8, 4) is 5.75 Å². The zero-order valence-electron chi connectivity index (χ0n) is 16.7. The Labute approximate surface area is 174 Å². The standard InChI is InChI=1S/C22H26N4O2S/c1-28-16-6-4-5-15(13-16)26-11-9-25(10-12-26)14-19-23-21(27)20-17-7-2-3-8-18(17)29-22(20)24-19/h4-6,13H,2-3,7-12,14H2,1H3,(H,23,24,27). The van der Waals surface area contributed by atoms with Crippen molar-refractivity contribution in [3.05, 3.63) is 50.9 Å². The number of aromatic nitrogens is 2. The molecule has 2 aromatic heterocycles. The monoisotopic (exact) mass is 410 g/mol. The van der Waals surface area contributed by atoms with Gasteiger partial charge in [0.2, 0.25) is 0 Å². The summed E-state index contributed by atoms with van der Waals surface area (Å²) in [5.41, 5.74) is 2.49. The van der Waals surface area contributed by atoms with Crippen molar-refractivity contribution in [3.63, 3.8) is 0 Å². The lowest BCUT2D eigenvalue weighted by atomic mass is 9.97. The smallest absolute Gasteiger partial charge is 0.259 e. The first-order valence-electron chi connectivity index (χ1n) is 10.4. The number of fused-ring (bicyclic) bond motifs is 3. The first kappa shape index (κ1) is 18.6. The van der Waals surface area contributed by atoms with Gasteiger partial charge in [0.1, 0.15) is 16.4 Å². The summed E-state index contributed by atoms with van der Waals surface area (Å²) in [6.45, 7) is 4.49. The first-order valence-corrected chi connectivity index (χ1v) is 11.2. The van der Waals surface area contributed by atoms with Crippen LogP contribution in [0.1, 0.15) is 29.1 Å². The van der Waals surface area contributed by atoms with E-state index in [0.717, 1.165) is 60.8 Å². The zero-order valence-corrected chi connectivity index (χ0v) is 17.6. The molecular weight excluding hydrogens is 384 g/mol. The summed E-state index contributed by atoms with van der Waals surface area (Å²) in [6.07, 6.45) is 4.52. The number of methoxy groups -OCH3 is 1. The molecule has 1 aliphatic heterocycles. The predicted octanol–water partition coefficient (Wildman–Crippen LogP) is 3.19. The Bertz CT molecular complexity index is 1080. The molecule has 6 nitrogen and oxygen atoms in total. The van der Waals surface area contributed by atoms with E-state index >= 15 is 0 Å². The molecule has 1 aliphatic carbocycles. The van der Waals surface area contributed by atoms with Crippen molar-refractivity contribution in [2.75, 3.05) is 38.2 Å². The lowest BCUT2D eigenvalue weighted by Crippen LogP contribution is -2.46. The molecule has 1 saturated heterocycles. The quantitative estimate of drug-likeness (QED) is 0.716. The topological polar surface area (TPSA) is 61.5 Å². The van der Waals surface area contributed by atoms with E-state index in [4.69, 9.17) is 9.72 Å². The molecule has 29 heavy (non-hydrogen) atoms. The summed E-state index contributed by atoms with van der Waals surface area (Å²) in [7, 11) is 1.70. The van der Waals surface area contributed by atoms with Crippen LogP contribution >= 0.6 is 11.3 Å². The number of rotatable bonds is 4. The molecular formula is C22H26N4O2S. The number of nitrogens with zero attached hydrogens (tertiary/aromatic N) is 3. The molecule has 0 radical (unpaired) electrons. The lowest BCUT2D eigenvalue weighted by Gasteiger charge is -2.35. The molecule has 2 aliphatic rings. The van der Waals surface area contributed by atoms with E-state index in [0.29, 0.717) is 6.54 Å². The normalized spacial score (nSPS) is 17.5. The summed E-state index contributed by atoms with van der Waals surface area (Å²) in [6, 6.07) is 8.22. The number of thiophene rings is 1. The van der Waals surface area contributed by atoms with E-state index in [1.165, 1.54) is 29.0 Å². The van der Waals surface area contributed by atoms with Gasteiger partial charge in [-0.15, -0.1) is 11.3 Å². The number of anilines is 1. The molecule has 3 aromatic rings. The summed E-state index contributed by atoms with van der Waals surface area (Å²) >= 11 is 1.72. The highest BCUT2D eigenvalue weighted by Gasteiger charge is 2.22. The second-order valence-electron chi connectivity index (χ2n) is 7.87. The van der Waals surface area contributed by atoms with E-state index in [9.17, 15) is 4.79 Å². The predicted molar refractivity (Wildman–Crippen MR) is 117 cm³/mol. The van der Waals surface area contributed by atoms with Crippen LogP contribution in [0, 0.1) is 0 Å². The number of ether oxygens (including phenoxy) is 1. The number of hydrogen-bond acceptors (Lipinski definition) is 6. The van der Waals surface area contributed by atoms with Gasteiger partial charge in [0.15, 0.2) is 0 Å². The summed E-state index contributed by atoms with van der Waals surface area (Å²) in [5.74, 6) is 1.68. The van der Waals surface area contributed by atoms with Crippen molar-refractivity contribution in [1.29, 1.82) is 0 Å². The Morgan fingerprint density at radius 2 is 2.00 bits per heavy atom. The van der Waals surface area contributed by atoms with E-state index in [1.54, 1.807) is 18.4 Å². The highest BCUT2D eigenvalue weighted by molar-refractivity contribution is 7.18. The molecule has 3 heterocycles. The van der Waals surface area contributed by atoms with Gasteiger partial charge in [0.05, 0.1) is 19.0 Å². The number of aromatic amines is 1. The van der Waals surface area contributed by atoms with Crippen molar-refractivity contribution in [2.24, 2.45) is 0 Å². The number of piperazine rings is 1. The van der Waals surface area contributed by atoms with Gasteiger partial charge >= 0.3 is 0 Å².